The van der Waals surface area contributed by atoms with E-state index in [2.05, 4.69) is 11.8 Å². The highest BCUT2D eigenvalue weighted by molar-refractivity contribution is 5.32. The van der Waals surface area contributed by atoms with Gasteiger partial charge in [0.2, 0.25) is 0 Å². The number of nitrogens with zero attached hydrogens (tertiary/aromatic N) is 1. The molecule has 4 heteroatoms. The molecule has 1 fully saturated rings. The van der Waals surface area contributed by atoms with Gasteiger partial charge in [-0.2, -0.15) is 0 Å². The van der Waals surface area contributed by atoms with E-state index in [0.29, 0.717) is 12.6 Å². The van der Waals surface area contributed by atoms with Crippen molar-refractivity contribution in [1.29, 1.82) is 0 Å². The highest BCUT2D eigenvalue weighted by Gasteiger charge is 2.18. The van der Waals surface area contributed by atoms with Gasteiger partial charge in [-0.25, -0.2) is 0 Å². The number of hydrogen-bond donors (Lipinski definition) is 1. The Labute approximate surface area is 128 Å². The molecule has 1 aliphatic rings. The molecule has 1 aromatic rings. The first-order valence-corrected chi connectivity index (χ1v) is 8.08. The molecule has 1 unspecified atom stereocenters. The van der Waals surface area contributed by atoms with Gasteiger partial charge in [-0.05, 0) is 31.9 Å². The van der Waals surface area contributed by atoms with E-state index in [4.69, 9.17) is 15.2 Å². The first-order chi connectivity index (χ1) is 10.3. The van der Waals surface area contributed by atoms with Gasteiger partial charge < -0.3 is 20.1 Å². The number of ether oxygens (including phenoxy) is 2. The van der Waals surface area contributed by atoms with Crippen LogP contribution < -0.4 is 10.5 Å². The van der Waals surface area contributed by atoms with Crippen LogP contribution in [0.5, 0.6) is 5.75 Å². The van der Waals surface area contributed by atoms with Crippen molar-refractivity contribution in [1.82, 2.24) is 4.90 Å². The fourth-order valence-corrected chi connectivity index (χ4v) is 2.74. The van der Waals surface area contributed by atoms with Crippen LogP contribution >= 0.6 is 0 Å². The number of nitrogens with two attached hydrogens (primary N) is 1. The molecule has 1 atom stereocenters. The van der Waals surface area contributed by atoms with Crippen LogP contribution in [0, 0.1) is 0 Å². The summed E-state index contributed by atoms with van der Waals surface area (Å²) >= 11 is 0. The Morgan fingerprint density at radius 3 is 2.95 bits per heavy atom. The highest BCUT2D eigenvalue weighted by atomic mass is 16.5. The van der Waals surface area contributed by atoms with Crippen molar-refractivity contribution in [2.45, 2.75) is 38.8 Å². The Balaban J connectivity index is 1.67. The van der Waals surface area contributed by atoms with E-state index in [0.717, 1.165) is 50.6 Å². The molecule has 0 bridgehead atoms. The molecule has 0 aromatic heterocycles. The van der Waals surface area contributed by atoms with Crippen molar-refractivity contribution in [2.75, 3.05) is 32.8 Å². The molecule has 0 radical (unpaired) electrons. The fraction of sp³-hybridized carbons (Fsp3) is 0.647. The molecule has 2 N–H and O–H groups in total. The van der Waals surface area contributed by atoms with Crippen LogP contribution in [0.3, 0.4) is 0 Å². The van der Waals surface area contributed by atoms with Crippen molar-refractivity contribution in [3.63, 3.8) is 0 Å². The second kappa shape index (κ2) is 9.03. The van der Waals surface area contributed by atoms with Crippen LogP contribution in [-0.4, -0.2) is 43.9 Å². The molecule has 1 heterocycles. The molecule has 2 rings (SSSR count). The van der Waals surface area contributed by atoms with Crippen molar-refractivity contribution in [3.05, 3.63) is 29.8 Å². The van der Waals surface area contributed by atoms with E-state index in [9.17, 15) is 0 Å². The second-order valence-electron chi connectivity index (χ2n) is 5.54. The fourth-order valence-electron chi connectivity index (χ4n) is 2.74. The zero-order chi connectivity index (χ0) is 14.9. The third-order valence-corrected chi connectivity index (χ3v) is 4.00. The van der Waals surface area contributed by atoms with Crippen LogP contribution in [0.15, 0.2) is 24.3 Å². The number of hydrogen-bond acceptors (Lipinski definition) is 4. The van der Waals surface area contributed by atoms with Gasteiger partial charge in [-0.3, -0.25) is 0 Å². The summed E-state index contributed by atoms with van der Waals surface area (Å²) in [6, 6.07) is 8.00. The lowest BCUT2D eigenvalue weighted by Crippen LogP contribution is -2.33. The zero-order valence-electron chi connectivity index (χ0n) is 13.1. The van der Waals surface area contributed by atoms with Gasteiger partial charge in [0.25, 0.3) is 0 Å². The molecule has 0 spiro atoms. The second-order valence-corrected chi connectivity index (χ2v) is 5.54. The molecule has 118 valence electrons. The van der Waals surface area contributed by atoms with E-state index < -0.39 is 0 Å². The molecule has 0 saturated carbocycles. The number of benzene rings is 1. The largest absolute Gasteiger partial charge is 0.493 e. The summed E-state index contributed by atoms with van der Waals surface area (Å²) in [6.07, 6.45) is 3.88. The molecule has 1 aliphatic heterocycles. The summed E-state index contributed by atoms with van der Waals surface area (Å²) in [4.78, 5) is 2.45. The lowest BCUT2D eigenvalue weighted by molar-refractivity contribution is 0.0730. The Morgan fingerprint density at radius 2 is 2.24 bits per heavy atom. The molecule has 0 aliphatic carbocycles. The molecule has 1 saturated heterocycles. The summed E-state index contributed by atoms with van der Waals surface area (Å²) in [5.74, 6) is 0.919. The van der Waals surface area contributed by atoms with Crippen LogP contribution in [0.4, 0.5) is 0 Å². The maximum Gasteiger partial charge on any atom is 0.123 e. The van der Waals surface area contributed by atoms with E-state index >= 15 is 0 Å². The average Bonchev–Trinajstić information content (AvgIpc) is 3.03. The summed E-state index contributed by atoms with van der Waals surface area (Å²) < 4.78 is 11.6. The molecule has 21 heavy (non-hydrogen) atoms. The van der Waals surface area contributed by atoms with Gasteiger partial charge >= 0.3 is 0 Å². The quantitative estimate of drug-likeness (QED) is 0.710. The predicted octanol–water partition coefficient (Wildman–Crippen LogP) is 2.42. The third-order valence-electron chi connectivity index (χ3n) is 4.00. The molecular weight excluding hydrogens is 264 g/mol. The smallest absolute Gasteiger partial charge is 0.123 e. The SMILES string of the molecule is CCN(CCCOc1ccccc1CN)CC1CCCO1. The zero-order valence-corrected chi connectivity index (χ0v) is 13.1. The van der Waals surface area contributed by atoms with Crippen molar-refractivity contribution < 1.29 is 9.47 Å². The Hall–Kier alpha value is -1.10. The average molecular weight is 292 g/mol. The van der Waals surface area contributed by atoms with Crippen LogP contribution in [0.2, 0.25) is 0 Å². The van der Waals surface area contributed by atoms with Gasteiger partial charge in [-0.15, -0.1) is 0 Å². The summed E-state index contributed by atoms with van der Waals surface area (Å²) in [5, 5.41) is 0. The van der Waals surface area contributed by atoms with E-state index in [1.807, 2.05) is 24.3 Å². The minimum Gasteiger partial charge on any atom is -0.493 e. The first-order valence-electron chi connectivity index (χ1n) is 8.08. The standard InChI is InChI=1S/C17H28N2O2/c1-2-19(14-16-8-5-11-20-16)10-6-12-21-17-9-4-3-7-15(17)13-18/h3-4,7,9,16H,2,5-6,8,10-14,18H2,1H3. The molecule has 4 nitrogen and oxygen atoms in total. The monoisotopic (exact) mass is 292 g/mol. The Kier molecular flexibility index (Phi) is 7.00. The van der Waals surface area contributed by atoms with Crippen molar-refractivity contribution in [2.24, 2.45) is 5.73 Å². The van der Waals surface area contributed by atoms with E-state index in [1.165, 1.54) is 12.8 Å². The Bertz CT molecular complexity index is 406. The molecule has 0 amide bonds. The Morgan fingerprint density at radius 1 is 1.38 bits per heavy atom. The van der Waals surface area contributed by atoms with Gasteiger partial charge in [0.1, 0.15) is 5.75 Å². The topological polar surface area (TPSA) is 47.7 Å². The summed E-state index contributed by atoms with van der Waals surface area (Å²) in [7, 11) is 0. The number of likely N-dealkylation sites (N-methyl/N-ethyl adjacent to an activating group) is 1. The minimum absolute atomic E-state index is 0.434. The van der Waals surface area contributed by atoms with E-state index in [1.54, 1.807) is 0 Å². The summed E-state index contributed by atoms with van der Waals surface area (Å²) in [5.41, 5.74) is 6.79. The van der Waals surface area contributed by atoms with Gasteiger partial charge in [-0.1, -0.05) is 25.1 Å². The van der Waals surface area contributed by atoms with Gasteiger partial charge in [0, 0.05) is 31.8 Å². The van der Waals surface area contributed by atoms with Gasteiger partial charge in [0.15, 0.2) is 0 Å². The van der Waals surface area contributed by atoms with Crippen LogP contribution in [-0.2, 0) is 11.3 Å². The number of para-hydroxylation sites is 1. The minimum atomic E-state index is 0.434. The summed E-state index contributed by atoms with van der Waals surface area (Å²) in [6.45, 7) is 7.58. The highest BCUT2D eigenvalue weighted by Crippen LogP contribution is 2.17. The molecule has 1 aromatic carbocycles. The number of rotatable bonds is 9. The first kappa shape index (κ1) is 16.3. The van der Waals surface area contributed by atoms with Crippen molar-refractivity contribution in [3.8, 4) is 5.75 Å². The molecular formula is C17H28N2O2. The maximum absolute atomic E-state index is 5.85. The third kappa shape index (κ3) is 5.30. The predicted molar refractivity (Wildman–Crippen MR) is 85.5 cm³/mol. The lowest BCUT2D eigenvalue weighted by atomic mass is 10.2. The lowest BCUT2D eigenvalue weighted by Gasteiger charge is -2.23. The maximum atomic E-state index is 5.85. The van der Waals surface area contributed by atoms with Crippen molar-refractivity contribution >= 4 is 0 Å². The van der Waals surface area contributed by atoms with E-state index in [-0.39, 0.29) is 0 Å². The normalized spacial score (nSPS) is 18.3. The van der Waals surface area contributed by atoms with Crippen LogP contribution in [0.1, 0.15) is 31.7 Å². The van der Waals surface area contributed by atoms with Crippen LogP contribution in [0.25, 0.3) is 0 Å². The van der Waals surface area contributed by atoms with Gasteiger partial charge in [0.05, 0.1) is 12.7 Å².